The molecule has 146 valence electrons. The van der Waals surface area contributed by atoms with Crippen LogP contribution in [0.5, 0.6) is 5.75 Å². The average Bonchev–Trinajstić information content (AvgIpc) is 3.10. The van der Waals surface area contributed by atoms with Crippen LogP contribution < -0.4 is 9.64 Å². The van der Waals surface area contributed by atoms with Crippen molar-refractivity contribution in [3.63, 3.8) is 0 Å². The molecule has 8 nitrogen and oxygen atoms in total. The lowest BCUT2D eigenvalue weighted by molar-refractivity contribution is -0.156. The molecule has 0 bridgehead atoms. The molecule has 0 aliphatic carbocycles. The van der Waals surface area contributed by atoms with Crippen LogP contribution in [0.4, 0.5) is 5.69 Å². The van der Waals surface area contributed by atoms with E-state index in [1.165, 1.54) is 0 Å². The van der Waals surface area contributed by atoms with Crippen LogP contribution >= 0.6 is 0 Å². The van der Waals surface area contributed by atoms with Crippen molar-refractivity contribution >= 4 is 23.5 Å². The zero-order valence-corrected chi connectivity index (χ0v) is 15.4. The minimum Gasteiger partial charge on any atom is -0.482 e. The Labute approximate surface area is 158 Å². The first-order chi connectivity index (χ1) is 13.0. The fourth-order valence-corrected chi connectivity index (χ4v) is 3.11. The number of ether oxygens (including phenoxy) is 3. The Hall–Kier alpha value is -2.61. The Balaban J connectivity index is 1.40. The normalized spacial score (nSPS) is 19.9. The largest absolute Gasteiger partial charge is 0.482 e. The summed E-state index contributed by atoms with van der Waals surface area (Å²) in [6, 6.07) is 6.98. The number of rotatable bonds is 6. The van der Waals surface area contributed by atoms with Crippen molar-refractivity contribution in [3.05, 3.63) is 24.3 Å². The lowest BCUT2D eigenvalue weighted by atomic mass is 10.3. The van der Waals surface area contributed by atoms with Gasteiger partial charge in [0.1, 0.15) is 5.75 Å². The highest BCUT2D eigenvalue weighted by Gasteiger charge is 2.23. The van der Waals surface area contributed by atoms with Gasteiger partial charge >= 0.3 is 5.97 Å². The van der Waals surface area contributed by atoms with E-state index in [1.807, 2.05) is 6.92 Å². The van der Waals surface area contributed by atoms with Crippen LogP contribution in [0.3, 0.4) is 0 Å². The maximum atomic E-state index is 12.0. The second kappa shape index (κ2) is 8.85. The van der Waals surface area contributed by atoms with Crippen LogP contribution in [-0.2, 0) is 23.9 Å². The molecule has 0 aromatic heterocycles. The summed E-state index contributed by atoms with van der Waals surface area (Å²) in [5.74, 6) is -0.233. The van der Waals surface area contributed by atoms with Crippen molar-refractivity contribution in [1.82, 2.24) is 4.90 Å². The summed E-state index contributed by atoms with van der Waals surface area (Å²) in [7, 11) is 0. The lowest BCUT2D eigenvalue weighted by Crippen LogP contribution is -2.46. The summed E-state index contributed by atoms with van der Waals surface area (Å²) < 4.78 is 15.7. The van der Waals surface area contributed by atoms with Gasteiger partial charge in [0, 0.05) is 31.7 Å². The van der Waals surface area contributed by atoms with Gasteiger partial charge in [-0.2, -0.15) is 0 Å². The van der Waals surface area contributed by atoms with Crippen molar-refractivity contribution in [3.8, 4) is 5.75 Å². The Kier molecular flexibility index (Phi) is 6.28. The van der Waals surface area contributed by atoms with Gasteiger partial charge in [0.25, 0.3) is 5.91 Å². The third kappa shape index (κ3) is 5.19. The molecular formula is C19H24N2O6. The van der Waals surface area contributed by atoms with Gasteiger partial charge in [-0.1, -0.05) is 0 Å². The molecule has 3 rings (SSSR count). The third-order valence-corrected chi connectivity index (χ3v) is 4.53. The van der Waals surface area contributed by atoms with Crippen molar-refractivity contribution in [2.45, 2.75) is 25.9 Å². The van der Waals surface area contributed by atoms with Gasteiger partial charge in [-0.25, -0.2) is 4.79 Å². The number of carbonyl (C=O) groups is 3. The van der Waals surface area contributed by atoms with Crippen LogP contribution in [0.15, 0.2) is 24.3 Å². The molecule has 8 heteroatoms. The zero-order valence-electron chi connectivity index (χ0n) is 15.4. The molecule has 2 amide bonds. The van der Waals surface area contributed by atoms with E-state index in [4.69, 9.17) is 14.2 Å². The Morgan fingerprint density at radius 2 is 1.96 bits per heavy atom. The fraction of sp³-hybridized carbons (Fsp3) is 0.526. The molecular weight excluding hydrogens is 352 g/mol. The minimum atomic E-state index is -0.608. The monoisotopic (exact) mass is 376 g/mol. The van der Waals surface area contributed by atoms with E-state index in [1.54, 1.807) is 34.1 Å². The maximum Gasteiger partial charge on any atom is 0.344 e. The quantitative estimate of drug-likeness (QED) is 0.688. The molecule has 27 heavy (non-hydrogen) atoms. The number of esters is 1. The highest BCUT2D eigenvalue weighted by molar-refractivity contribution is 5.95. The number of carbonyl (C=O) groups excluding carboxylic acids is 3. The first-order valence-corrected chi connectivity index (χ1v) is 9.11. The van der Waals surface area contributed by atoms with E-state index in [0.29, 0.717) is 31.9 Å². The number of amides is 2. The first kappa shape index (κ1) is 19.2. The van der Waals surface area contributed by atoms with Gasteiger partial charge in [0.2, 0.25) is 5.91 Å². The topological polar surface area (TPSA) is 85.4 Å². The molecule has 1 unspecified atom stereocenters. The van der Waals surface area contributed by atoms with Crippen LogP contribution in [0, 0.1) is 0 Å². The summed E-state index contributed by atoms with van der Waals surface area (Å²) in [6.45, 7) is 3.52. The second-order valence-electron chi connectivity index (χ2n) is 6.61. The molecule has 0 saturated carbocycles. The number of anilines is 1. The molecule has 0 spiro atoms. The van der Waals surface area contributed by atoms with Crippen LogP contribution in [0.25, 0.3) is 0 Å². The Bertz CT molecular complexity index is 690. The van der Waals surface area contributed by atoms with Crippen LogP contribution in [0.2, 0.25) is 0 Å². The number of benzene rings is 1. The average molecular weight is 376 g/mol. The molecule has 1 aromatic rings. The number of nitrogens with zero attached hydrogens (tertiary/aromatic N) is 2. The number of hydrogen-bond donors (Lipinski definition) is 0. The second-order valence-corrected chi connectivity index (χ2v) is 6.61. The summed E-state index contributed by atoms with van der Waals surface area (Å²) in [6.07, 6.45) is 1.43. The predicted octanol–water partition coefficient (Wildman–Crippen LogP) is 0.983. The fourth-order valence-electron chi connectivity index (χ4n) is 3.11. The summed E-state index contributed by atoms with van der Waals surface area (Å²) in [5, 5.41) is 0. The molecule has 0 N–H and O–H groups in total. The van der Waals surface area contributed by atoms with E-state index in [9.17, 15) is 14.4 Å². The Morgan fingerprint density at radius 1 is 1.19 bits per heavy atom. The van der Waals surface area contributed by atoms with E-state index in [0.717, 1.165) is 18.7 Å². The van der Waals surface area contributed by atoms with Crippen LogP contribution in [-0.4, -0.2) is 68.2 Å². The highest BCUT2D eigenvalue weighted by Crippen LogP contribution is 2.23. The molecule has 2 heterocycles. The third-order valence-electron chi connectivity index (χ3n) is 4.53. The SMILES string of the molecule is CC1CN(C(=O)COC(=O)COc2ccc(N3CCCC3=O)cc2)CCO1. The predicted molar refractivity (Wildman–Crippen MR) is 96.5 cm³/mol. The Morgan fingerprint density at radius 3 is 2.63 bits per heavy atom. The summed E-state index contributed by atoms with van der Waals surface area (Å²) in [5.41, 5.74) is 0.817. The highest BCUT2D eigenvalue weighted by atomic mass is 16.6. The number of hydrogen-bond acceptors (Lipinski definition) is 6. The lowest BCUT2D eigenvalue weighted by Gasteiger charge is -2.30. The molecule has 0 radical (unpaired) electrons. The zero-order chi connectivity index (χ0) is 19.2. The molecule has 2 saturated heterocycles. The van der Waals surface area contributed by atoms with Gasteiger partial charge in [0.05, 0.1) is 12.7 Å². The molecule has 2 aliphatic heterocycles. The van der Waals surface area contributed by atoms with Gasteiger partial charge in [-0.15, -0.1) is 0 Å². The molecule has 1 aromatic carbocycles. The molecule has 2 fully saturated rings. The summed E-state index contributed by atoms with van der Waals surface area (Å²) in [4.78, 5) is 38.9. The minimum absolute atomic E-state index is 0.0134. The first-order valence-electron chi connectivity index (χ1n) is 9.11. The van der Waals surface area contributed by atoms with Gasteiger partial charge in [0.15, 0.2) is 13.2 Å². The van der Waals surface area contributed by atoms with E-state index >= 15 is 0 Å². The van der Waals surface area contributed by atoms with E-state index in [-0.39, 0.29) is 31.1 Å². The van der Waals surface area contributed by atoms with E-state index < -0.39 is 5.97 Å². The molecule has 2 aliphatic rings. The van der Waals surface area contributed by atoms with Gasteiger partial charge < -0.3 is 24.0 Å². The van der Waals surface area contributed by atoms with Gasteiger partial charge in [-0.05, 0) is 37.6 Å². The van der Waals surface area contributed by atoms with E-state index in [2.05, 4.69) is 0 Å². The van der Waals surface area contributed by atoms with Crippen molar-refractivity contribution < 1.29 is 28.6 Å². The van der Waals surface area contributed by atoms with Gasteiger partial charge in [-0.3, -0.25) is 9.59 Å². The van der Waals surface area contributed by atoms with Crippen molar-refractivity contribution in [1.29, 1.82) is 0 Å². The summed E-state index contributed by atoms with van der Waals surface area (Å²) >= 11 is 0. The van der Waals surface area contributed by atoms with Crippen molar-refractivity contribution in [2.75, 3.05) is 44.4 Å². The maximum absolute atomic E-state index is 12.0. The van der Waals surface area contributed by atoms with Crippen LogP contribution in [0.1, 0.15) is 19.8 Å². The molecule has 1 atom stereocenters. The smallest absolute Gasteiger partial charge is 0.344 e. The number of morpholine rings is 1. The van der Waals surface area contributed by atoms with Crippen molar-refractivity contribution in [2.24, 2.45) is 0 Å². The standard InChI is InChI=1S/C19H24N2O6/c1-14-11-20(9-10-25-14)18(23)12-27-19(24)13-26-16-6-4-15(5-7-16)21-8-2-3-17(21)22/h4-7,14H,2-3,8-13H2,1H3.